The van der Waals surface area contributed by atoms with Gasteiger partial charge >= 0.3 is 0 Å². The molecule has 0 aliphatic carbocycles. The Kier molecular flexibility index (Phi) is 4.75. The molecule has 1 aliphatic rings. The molecule has 4 heterocycles. The predicted molar refractivity (Wildman–Crippen MR) is 117 cm³/mol. The van der Waals surface area contributed by atoms with Gasteiger partial charge in [-0.2, -0.15) is 5.10 Å². The summed E-state index contributed by atoms with van der Waals surface area (Å²) in [7, 11) is 1.99. The van der Waals surface area contributed by atoms with Crippen LogP contribution in [0, 0.1) is 0 Å². The van der Waals surface area contributed by atoms with Gasteiger partial charge < -0.3 is 10.6 Å². The summed E-state index contributed by atoms with van der Waals surface area (Å²) in [6.07, 6.45) is 7.50. The number of rotatable bonds is 5. The molecule has 1 aromatic carbocycles. The zero-order valence-corrected chi connectivity index (χ0v) is 16.4. The van der Waals surface area contributed by atoms with E-state index in [2.05, 4.69) is 60.0 Å². The smallest absolute Gasteiger partial charge is 0.180 e. The maximum atomic E-state index is 4.67. The SMILES string of the molecule is Bc1cn2c(-c3cn[nH]c3)cnc2c(Nc2ccc(CN3CCNCC3)cc2)n1. The van der Waals surface area contributed by atoms with Crippen molar-refractivity contribution in [3.8, 4) is 11.3 Å². The van der Waals surface area contributed by atoms with Crippen molar-refractivity contribution in [3.63, 3.8) is 0 Å². The molecule has 146 valence electrons. The van der Waals surface area contributed by atoms with E-state index < -0.39 is 0 Å². The fourth-order valence-electron chi connectivity index (χ4n) is 3.75. The lowest BCUT2D eigenvalue weighted by Crippen LogP contribution is -2.42. The molecule has 4 aromatic rings. The Morgan fingerprint density at radius 3 is 2.69 bits per heavy atom. The first-order valence-corrected chi connectivity index (χ1v) is 9.89. The van der Waals surface area contributed by atoms with Gasteiger partial charge in [0.2, 0.25) is 0 Å². The van der Waals surface area contributed by atoms with E-state index in [1.54, 1.807) is 6.20 Å². The number of hydrogen-bond donors (Lipinski definition) is 3. The highest BCUT2D eigenvalue weighted by Crippen LogP contribution is 2.24. The number of fused-ring (bicyclic) bond motifs is 1. The number of benzene rings is 1. The minimum Gasteiger partial charge on any atom is -0.337 e. The zero-order valence-electron chi connectivity index (χ0n) is 16.4. The van der Waals surface area contributed by atoms with E-state index in [4.69, 9.17) is 0 Å². The first kappa shape index (κ1) is 17.9. The number of nitrogens with one attached hydrogen (secondary N) is 3. The van der Waals surface area contributed by atoms with Crippen molar-refractivity contribution in [2.45, 2.75) is 6.54 Å². The number of H-pyrrole nitrogens is 1. The van der Waals surface area contributed by atoms with Gasteiger partial charge in [-0.1, -0.05) is 12.1 Å². The van der Waals surface area contributed by atoms with Crippen LogP contribution in [0.15, 0.2) is 49.1 Å². The highest BCUT2D eigenvalue weighted by atomic mass is 15.2. The number of aromatic amines is 1. The van der Waals surface area contributed by atoms with Crippen molar-refractivity contribution in [3.05, 3.63) is 54.6 Å². The Bertz CT molecular complexity index is 1100. The normalized spacial score (nSPS) is 15.0. The predicted octanol–water partition coefficient (Wildman–Crippen LogP) is 0.527. The van der Waals surface area contributed by atoms with E-state index in [1.165, 1.54) is 5.56 Å². The molecule has 0 atom stereocenters. The molecule has 0 unspecified atom stereocenters. The summed E-state index contributed by atoms with van der Waals surface area (Å²) in [4.78, 5) is 11.7. The fraction of sp³-hybridized carbons (Fsp3) is 0.250. The second-order valence-corrected chi connectivity index (χ2v) is 7.40. The summed E-state index contributed by atoms with van der Waals surface area (Å²) in [5, 5.41) is 13.7. The van der Waals surface area contributed by atoms with Gasteiger partial charge in [-0.25, -0.2) is 9.97 Å². The Labute approximate surface area is 169 Å². The second-order valence-electron chi connectivity index (χ2n) is 7.40. The van der Waals surface area contributed by atoms with Gasteiger partial charge in [0.15, 0.2) is 19.3 Å². The molecular weight excluding hydrogens is 363 g/mol. The van der Waals surface area contributed by atoms with E-state index in [9.17, 15) is 0 Å². The highest BCUT2D eigenvalue weighted by Gasteiger charge is 2.13. The van der Waals surface area contributed by atoms with Crippen LogP contribution in [-0.4, -0.2) is 63.5 Å². The average molecular weight is 386 g/mol. The quantitative estimate of drug-likeness (QED) is 0.434. The van der Waals surface area contributed by atoms with Crippen molar-refractivity contribution >= 4 is 30.6 Å². The molecular formula is C20H23BN8. The first-order chi connectivity index (χ1) is 14.3. The lowest BCUT2D eigenvalue weighted by molar-refractivity contribution is 0.233. The van der Waals surface area contributed by atoms with Crippen LogP contribution in [0.2, 0.25) is 0 Å². The van der Waals surface area contributed by atoms with Gasteiger partial charge in [-0.15, -0.1) is 0 Å². The molecule has 3 N–H and O–H groups in total. The number of anilines is 2. The minimum absolute atomic E-state index is 0.745. The molecule has 8 nitrogen and oxygen atoms in total. The third-order valence-electron chi connectivity index (χ3n) is 5.24. The first-order valence-electron chi connectivity index (χ1n) is 9.89. The van der Waals surface area contributed by atoms with Crippen molar-refractivity contribution in [1.29, 1.82) is 0 Å². The molecule has 1 aliphatic heterocycles. The summed E-state index contributed by atoms with van der Waals surface area (Å²) in [5.41, 5.74) is 6.00. The fourth-order valence-corrected chi connectivity index (χ4v) is 3.75. The van der Waals surface area contributed by atoms with Gasteiger partial charge in [-0.3, -0.25) is 14.4 Å². The third kappa shape index (κ3) is 3.74. The Balaban J connectivity index is 1.38. The van der Waals surface area contributed by atoms with Gasteiger partial charge in [0.25, 0.3) is 0 Å². The standard InChI is InChI=1S/C20H23BN8/c21-18-13-29-17(15-9-24-25-10-15)11-23-20(29)19(27-18)26-16-3-1-14(2-4-16)12-28-7-5-22-6-8-28/h1-4,9-11,13,22H,5-8,12,21H2,(H,24,25)(H,26,27). The lowest BCUT2D eigenvalue weighted by atomic mass is 10.1. The Hall–Kier alpha value is -3.17. The summed E-state index contributed by atoms with van der Waals surface area (Å²) in [6, 6.07) is 8.58. The molecule has 9 heteroatoms. The van der Waals surface area contributed by atoms with Crippen LogP contribution in [-0.2, 0) is 6.54 Å². The third-order valence-corrected chi connectivity index (χ3v) is 5.24. The second kappa shape index (κ2) is 7.69. The molecule has 0 spiro atoms. The van der Waals surface area contributed by atoms with E-state index in [0.717, 1.165) is 66.7 Å². The number of hydrogen-bond acceptors (Lipinski definition) is 6. The van der Waals surface area contributed by atoms with Gasteiger partial charge in [0.1, 0.15) is 0 Å². The summed E-state index contributed by atoms with van der Waals surface area (Å²) in [5.74, 6) is 0.745. The van der Waals surface area contributed by atoms with Crippen LogP contribution in [0.3, 0.4) is 0 Å². The van der Waals surface area contributed by atoms with E-state index in [0.29, 0.717) is 0 Å². The van der Waals surface area contributed by atoms with Crippen LogP contribution < -0.4 is 16.2 Å². The molecule has 1 fully saturated rings. The summed E-state index contributed by atoms with van der Waals surface area (Å²) >= 11 is 0. The number of nitrogens with zero attached hydrogens (tertiary/aromatic N) is 5. The summed E-state index contributed by atoms with van der Waals surface area (Å²) < 4.78 is 2.05. The number of imidazole rings is 1. The zero-order chi connectivity index (χ0) is 19.6. The maximum Gasteiger partial charge on any atom is 0.180 e. The molecule has 0 saturated carbocycles. The molecule has 0 radical (unpaired) electrons. The molecule has 0 bridgehead atoms. The topological polar surface area (TPSA) is 86.2 Å². The highest BCUT2D eigenvalue weighted by molar-refractivity contribution is 6.30. The largest absolute Gasteiger partial charge is 0.337 e. The monoisotopic (exact) mass is 386 g/mol. The van der Waals surface area contributed by atoms with Crippen LogP contribution in [0.4, 0.5) is 11.5 Å². The van der Waals surface area contributed by atoms with Crippen molar-refractivity contribution < 1.29 is 0 Å². The van der Waals surface area contributed by atoms with E-state index in [1.807, 2.05) is 30.8 Å². The van der Waals surface area contributed by atoms with Crippen LogP contribution in [0.5, 0.6) is 0 Å². The molecule has 1 saturated heterocycles. The summed E-state index contributed by atoms with van der Waals surface area (Å²) in [6.45, 7) is 5.33. The Morgan fingerprint density at radius 2 is 1.93 bits per heavy atom. The van der Waals surface area contributed by atoms with E-state index >= 15 is 0 Å². The average Bonchev–Trinajstić information content (AvgIpc) is 3.40. The van der Waals surface area contributed by atoms with Gasteiger partial charge in [0.05, 0.1) is 18.1 Å². The molecule has 29 heavy (non-hydrogen) atoms. The van der Waals surface area contributed by atoms with Crippen molar-refractivity contribution in [1.82, 2.24) is 34.8 Å². The number of piperazine rings is 1. The van der Waals surface area contributed by atoms with Crippen LogP contribution in [0.1, 0.15) is 5.56 Å². The lowest BCUT2D eigenvalue weighted by Gasteiger charge is -2.27. The van der Waals surface area contributed by atoms with Gasteiger partial charge in [-0.05, 0) is 17.7 Å². The number of aromatic nitrogens is 5. The minimum atomic E-state index is 0.745. The Morgan fingerprint density at radius 1 is 1.10 bits per heavy atom. The maximum absolute atomic E-state index is 4.67. The van der Waals surface area contributed by atoms with Crippen LogP contribution >= 0.6 is 0 Å². The molecule has 5 rings (SSSR count). The van der Waals surface area contributed by atoms with E-state index in [-0.39, 0.29) is 0 Å². The van der Waals surface area contributed by atoms with Crippen molar-refractivity contribution in [2.75, 3.05) is 31.5 Å². The van der Waals surface area contributed by atoms with Crippen LogP contribution in [0.25, 0.3) is 16.9 Å². The van der Waals surface area contributed by atoms with Gasteiger partial charge in [0, 0.05) is 62.0 Å². The molecule has 3 aromatic heterocycles. The molecule has 0 amide bonds. The van der Waals surface area contributed by atoms with Crippen molar-refractivity contribution in [2.24, 2.45) is 0 Å².